The van der Waals surface area contributed by atoms with Crippen molar-refractivity contribution in [3.63, 3.8) is 0 Å². The van der Waals surface area contributed by atoms with Crippen LogP contribution in [-0.4, -0.2) is 22.2 Å². The molecule has 0 aliphatic heterocycles. The van der Waals surface area contributed by atoms with Gasteiger partial charge < -0.3 is 10.4 Å². The predicted molar refractivity (Wildman–Crippen MR) is 62.0 cm³/mol. The Morgan fingerprint density at radius 1 is 1.60 bits per heavy atom. The van der Waals surface area contributed by atoms with Gasteiger partial charge in [0.2, 0.25) is 0 Å². The number of thiazole rings is 1. The predicted octanol–water partition coefficient (Wildman–Crippen LogP) is 2.02. The summed E-state index contributed by atoms with van der Waals surface area (Å²) in [6, 6.07) is 0.566. The lowest BCUT2D eigenvalue weighted by Crippen LogP contribution is -2.36. The second-order valence-electron chi connectivity index (χ2n) is 4.27. The van der Waals surface area contributed by atoms with Gasteiger partial charge in [-0.3, -0.25) is 0 Å². The summed E-state index contributed by atoms with van der Waals surface area (Å²) < 4.78 is 0. The van der Waals surface area contributed by atoms with Crippen LogP contribution in [-0.2, 0) is 0 Å². The molecule has 3 nitrogen and oxygen atoms in total. The van der Waals surface area contributed by atoms with E-state index >= 15 is 0 Å². The number of aromatic nitrogens is 1. The highest BCUT2D eigenvalue weighted by molar-refractivity contribution is 7.11. The molecule has 0 bridgehead atoms. The molecule has 1 saturated carbocycles. The molecule has 1 heterocycles. The number of aliphatic hydroxyl groups excluding tert-OH is 1. The molecule has 2 N–H and O–H groups in total. The third-order valence-electron chi connectivity index (χ3n) is 3.01. The van der Waals surface area contributed by atoms with Crippen molar-refractivity contribution in [2.45, 2.75) is 51.3 Å². The van der Waals surface area contributed by atoms with E-state index in [1.54, 1.807) is 11.3 Å². The maximum absolute atomic E-state index is 9.72. The summed E-state index contributed by atoms with van der Waals surface area (Å²) in [7, 11) is 0. The number of aryl methyl sites for hydroxylation is 1. The third-order valence-corrected chi connectivity index (χ3v) is 4.10. The third kappa shape index (κ3) is 2.56. The van der Waals surface area contributed by atoms with E-state index in [1.807, 2.05) is 13.1 Å². The van der Waals surface area contributed by atoms with Crippen LogP contribution < -0.4 is 5.32 Å². The highest BCUT2D eigenvalue weighted by atomic mass is 32.1. The van der Waals surface area contributed by atoms with Gasteiger partial charge >= 0.3 is 0 Å². The molecule has 0 amide bonds. The first-order valence-corrected chi connectivity index (χ1v) is 6.35. The highest BCUT2D eigenvalue weighted by Crippen LogP contribution is 2.25. The molecule has 0 saturated heterocycles. The second kappa shape index (κ2) is 4.60. The van der Waals surface area contributed by atoms with Gasteiger partial charge in [-0.15, -0.1) is 11.3 Å². The minimum absolute atomic E-state index is 0.165. The molecule has 4 heteroatoms. The van der Waals surface area contributed by atoms with Crippen LogP contribution in [0, 0.1) is 6.92 Å². The lowest BCUT2D eigenvalue weighted by atomic mass is 10.2. The number of hydrogen-bond donors (Lipinski definition) is 2. The number of nitrogens with zero attached hydrogens (tertiary/aromatic N) is 1. The Morgan fingerprint density at radius 2 is 2.40 bits per heavy atom. The zero-order chi connectivity index (χ0) is 10.8. The Morgan fingerprint density at radius 3 is 2.93 bits per heavy atom. The van der Waals surface area contributed by atoms with E-state index in [9.17, 15) is 5.11 Å². The van der Waals surface area contributed by atoms with Crippen LogP contribution in [0.4, 0.5) is 0 Å². The summed E-state index contributed by atoms with van der Waals surface area (Å²) in [5.41, 5.74) is 0. The summed E-state index contributed by atoms with van der Waals surface area (Å²) in [5, 5.41) is 14.3. The largest absolute Gasteiger partial charge is 0.392 e. The number of hydrogen-bond acceptors (Lipinski definition) is 4. The Kier molecular flexibility index (Phi) is 3.38. The minimum atomic E-state index is -0.165. The quantitative estimate of drug-likeness (QED) is 0.829. The van der Waals surface area contributed by atoms with Crippen molar-refractivity contribution < 1.29 is 5.11 Å². The highest BCUT2D eigenvalue weighted by Gasteiger charge is 2.26. The topological polar surface area (TPSA) is 45.2 Å². The molecule has 0 aromatic carbocycles. The number of rotatable bonds is 3. The standard InChI is InChI=1S/C11H18N2OS/c1-7(11-6-12-8(2)15-11)13-9-4-3-5-10(9)14/h6-7,9-10,13-14H,3-5H2,1-2H3. The molecule has 1 aliphatic carbocycles. The zero-order valence-electron chi connectivity index (χ0n) is 9.23. The molecular formula is C11H18N2OS. The van der Waals surface area contributed by atoms with Crippen molar-refractivity contribution in [2.75, 3.05) is 0 Å². The van der Waals surface area contributed by atoms with E-state index in [1.165, 1.54) is 4.88 Å². The van der Waals surface area contributed by atoms with Gasteiger partial charge in [0.15, 0.2) is 0 Å². The first-order chi connectivity index (χ1) is 7.16. The lowest BCUT2D eigenvalue weighted by molar-refractivity contribution is 0.144. The van der Waals surface area contributed by atoms with Crippen LogP contribution in [0.5, 0.6) is 0 Å². The summed E-state index contributed by atoms with van der Waals surface area (Å²) in [4.78, 5) is 5.50. The van der Waals surface area contributed by atoms with Crippen molar-refractivity contribution in [3.8, 4) is 0 Å². The second-order valence-corrected chi connectivity index (χ2v) is 5.54. The van der Waals surface area contributed by atoms with Gasteiger partial charge in [-0.05, 0) is 33.1 Å². The Balaban J connectivity index is 1.94. The van der Waals surface area contributed by atoms with E-state index in [2.05, 4.69) is 17.2 Å². The first kappa shape index (κ1) is 11.0. The van der Waals surface area contributed by atoms with Gasteiger partial charge in [-0.1, -0.05) is 0 Å². The normalized spacial score (nSPS) is 28.2. The zero-order valence-corrected chi connectivity index (χ0v) is 10.0. The van der Waals surface area contributed by atoms with Gasteiger partial charge in [-0.2, -0.15) is 0 Å². The summed E-state index contributed by atoms with van der Waals surface area (Å²) >= 11 is 1.73. The fourth-order valence-electron chi connectivity index (χ4n) is 2.12. The van der Waals surface area contributed by atoms with Crippen molar-refractivity contribution in [1.82, 2.24) is 10.3 Å². The van der Waals surface area contributed by atoms with Crippen molar-refractivity contribution in [1.29, 1.82) is 0 Å². The van der Waals surface area contributed by atoms with E-state index < -0.39 is 0 Å². The van der Waals surface area contributed by atoms with E-state index in [4.69, 9.17) is 0 Å². The van der Waals surface area contributed by atoms with Crippen LogP contribution in [0.15, 0.2) is 6.20 Å². The van der Waals surface area contributed by atoms with Gasteiger partial charge in [0, 0.05) is 23.2 Å². The average Bonchev–Trinajstić information content (AvgIpc) is 2.77. The molecule has 2 rings (SSSR count). The Hall–Kier alpha value is -0.450. The maximum Gasteiger partial charge on any atom is 0.0897 e. The molecule has 0 spiro atoms. The van der Waals surface area contributed by atoms with E-state index in [0.717, 1.165) is 24.3 Å². The van der Waals surface area contributed by atoms with Crippen molar-refractivity contribution in [2.24, 2.45) is 0 Å². The van der Waals surface area contributed by atoms with Crippen LogP contribution in [0.1, 0.15) is 42.1 Å². The van der Waals surface area contributed by atoms with E-state index in [0.29, 0.717) is 6.04 Å². The molecule has 1 aromatic heterocycles. The SMILES string of the molecule is Cc1ncc(C(C)NC2CCCC2O)s1. The molecular weight excluding hydrogens is 208 g/mol. The fraction of sp³-hybridized carbons (Fsp3) is 0.727. The lowest BCUT2D eigenvalue weighted by Gasteiger charge is -2.20. The van der Waals surface area contributed by atoms with Crippen LogP contribution >= 0.6 is 11.3 Å². The van der Waals surface area contributed by atoms with E-state index in [-0.39, 0.29) is 12.1 Å². The van der Waals surface area contributed by atoms with Crippen LogP contribution in [0.2, 0.25) is 0 Å². The molecule has 0 radical (unpaired) electrons. The minimum Gasteiger partial charge on any atom is -0.392 e. The molecule has 84 valence electrons. The van der Waals surface area contributed by atoms with Crippen LogP contribution in [0.25, 0.3) is 0 Å². The summed E-state index contributed by atoms with van der Waals surface area (Å²) in [6.45, 7) is 4.16. The Bertz CT molecular complexity index is 326. The smallest absolute Gasteiger partial charge is 0.0897 e. The van der Waals surface area contributed by atoms with Gasteiger partial charge in [0.1, 0.15) is 0 Å². The van der Waals surface area contributed by atoms with Crippen LogP contribution in [0.3, 0.4) is 0 Å². The fourth-order valence-corrected chi connectivity index (χ4v) is 2.91. The van der Waals surface area contributed by atoms with Gasteiger partial charge in [-0.25, -0.2) is 4.98 Å². The summed E-state index contributed by atoms with van der Waals surface area (Å²) in [6.07, 6.45) is 4.92. The molecule has 3 unspecified atom stereocenters. The molecule has 1 fully saturated rings. The Labute approximate surface area is 94.5 Å². The molecule has 1 aromatic rings. The van der Waals surface area contributed by atoms with Gasteiger partial charge in [0.25, 0.3) is 0 Å². The average molecular weight is 226 g/mol. The first-order valence-electron chi connectivity index (χ1n) is 5.53. The molecule has 3 atom stereocenters. The summed E-state index contributed by atoms with van der Waals surface area (Å²) in [5.74, 6) is 0. The monoisotopic (exact) mass is 226 g/mol. The maximum atomic E-state index is 9.72. The molecule has 1 aliphatic rings. The van der Waals surface area contributed by atoms with Crippen molar-refractivity contribution in [3.05, 3.63) is 16.1 Å². The number of aliphatic hydroxyl groups is 1. The van der Waals surface area contributed by atoms with Crippen molar-refractivity contribution >= 4 is 11.3 Å². The number of nitrogens with one attached hydrogen (secondary N) is 1. The van der Waals surface area contributed by atoms with Gasteiger partial charge in [0.05, 0.1) is 11.1 Å². The molecule has 15 heavy (non-hydrogen) atoms.